The predicted octanol–water partition coefficient (Wildman–Crippen LogP) is 1.38. The molecular formula is C15H17N5O. The third kappa shape index (κ3) is 2.33. The Balaban J connectivity index is 1.97. The molecule has 6 heteroatoms. The van der Waals surface area contributed by atoms with Crippen molar-refractivity contribution < 1.29 is 0 Å². The van der Waals surface area contributed by atoms with Crippen molar-refractivity contribution in [2.45, 2.75) is 26.8 Å². The van der Waals surface area contributed by atoms with E-state index in [0.717, 1.165) is 22.5 Å². The summed E-state index contributed by atoms with van der Waals surface area (Å²) in [5.74, 6) is 0.849. The monoisotopic (exact) mass is 283 g/mol. The zero-order valence-corrected chi connectivity index (χ0v) is 12.4. The summed E-state index contributed by atoms with van der Waals surface area (Å²) in [5, 5.41) is 8.53. The summed E-state index contributed by atoms with van der Waals surface area (Å²) in [7, 11) is 1.89. The van der Waals surface area contributed by atoms with E-state index in [1.165, 1.54) is 0 Å². The van der Waals surface area contributed by atoms with Crippen molar-refractivity contribution in [3.8, 4) is 0 Å². The van der Waals surface area contributed by atoms with E-state index in [2.05, 4.69) is 15.2 Å². The summed E-state index contributed by atoms with van der Waals surface area (Å²) < 4.78 is 3.48. The molecule has 0 saturated carbocycles. The van der Waals surface area contributed by atoms with Crippen LogP contribution in [0.1, 0.15) is 17.0 Å². The molecule has 0 radical (unpaired) electrons. The molecule has 0 N–H and O–H groups in total. The average Bonchev–Trinajstić information content (AvgIpc) is 2.88. The maximum absolute atomic E-state index is 12.5. The zero-order valence-electron chi connectivity index (χ0n) is 12.4. The minimum Gasteiger partial charge on any atom is -0.321 e. The Morgan fingerprint density at radius 3 is 2.71 bits per heavy atom. The van der Waals surface area contributed by atoms with E-state index in [0.29, 0.717) is 18.4 Å². The van der Waals surface area contributed by atoms with Gasteiger partial charge in [0.1, 0.15) is 12.2 Å². The number of hydrogen-bond donors (Lipinski definition) is 0. The summed E-state index contributed by atoms with van der Waals surface area (Å²) in [6.07, 6.45) is 3.92. The fourth-order valence-corrected chi connectivity index (χ4v) is 2.39. The summed E-state index contributed by atoms with van der Waals surface area (Å²) in [6, 6.07) is 3.82. The van der Waals surface area contributed by atoms with Gasteiger partial charge < -0.3 is 4.57 Å². The molecule has 0 unspecified atom stereocenters. The van der Waals surface area contributed by atoms with Gasteiger partial charge in [-0.2, -0.15) is 0 Å². The number of hydrogen-bond acceptors (Lipinski definition) is 4. The maximum Gasteiger partial charge on any atom is 0.261 e. The first-order chi connectivity index (χ1) is 10.1. The topological polar surface area (TPSA) is 65.6 Å². The average molecular weight is 283 g/mol. The lowest BCUT2D eigenvalue weighted by Crippen LogP contribution is -2.22. The van der Waals surface area contributed by atoms with Crippen LogP contribution in [0.5, 0.6) is 0 Å². The van der Waals surface area contributed by atoms with Gasteiger partial charge in [-0.05, 0) is 31.0 Å². The number of benzene rings is 1. The van der Waals surface area contributed by atoms with Crippen LogP contribution in [0.3, 0.4) is 0 Å². The number of aromatic nitrogens is 5. The molecule has 1 aromatic carbocycles. The van der Waals surface area contributed by atoms with E-state index in [4.69, 9.17) is 0 Å². The Hall–Kier alpha value is -2.50. The lowest BCUT2D eigenvalue weighted by atomic mass is 10.1. The molecule has 0 fully saturated rings. The molecule has 0 bridgehead atoms. The molecule has 0 atom stereocenters. The third-order valence-corrected chi connectivity index (χ3v) is 3.90. The van der Waals surface area contributed by atoms with Crippen molar-refractivity contribution in [2.24, 2.45) is 7.05 Å². The second kappa shape index (κ2) is 5.12. The highest BCUT2D eigenvalue weighted by molar-refractivity contribution is 5.81. The van der Waals surface area contributed by atoms with Crippen LogP contribution in [-0.4, -0.2) is 24.3 Å². The summed E-state index contributed by atoms with van der Waals surface area (Å²) in [5.41, 5.74) is 2.98. The molecule has 0 saturated heterocycles. The van der Waals surface area contributed by atoms with Gasteiger partial charge in [-0.1, -0.05) is 6.07 Å². The number of fused-ring (bicyclic) bond motifs is 1. The predicted molar refractivity (Wildman–Crippen MR) is 80.2 cm³/mol. The highest BCUT2D eigenvalue weighted by Gasteiger charge is 2.08. The first kappa shape index (κ1) is 13.5. The molecule has 2 aromatic heterocycles. The van der Waals surface area contributed by atoms with Gasteiger partial charge >= 0.3 is 0 Å². The second-order valence-electron chi connectivity index (χ2n) is 5.25. The van der Waals surface area contributed by atoms with Gasteiger partial charge in [-0.15, -0.1) is 10.2 Å². The van der Waals surface area contributed by atoms with Crippen molar-refractivity contribution in [3.05, 3.63) is 52.1 Å². The minimum absolute atomic E-state index is 0.00901. The van der Waals surface area contributed by atoms with E-state index in [9.17, 15) is 4.79 Å². The summed E-state index contributed by atoms with van der Waals surface area (Å²) in [6.45, 7) is 4.56. The van der Waals surface area contributed by atoms with Crippen LogP contribution in [0.4, 0.5) is 0 Å². The summed E-state index contributed by atoms with van der Waals surface area (Å²) >= 11 is 0. The van der Waals surface area contributed by atoms with Gasteiger partial charge in [0, 0.05) is 20.0 Å². The fourth-order valence-electron chi connectivity index (χ4n) is 2.39. The molecule has 6 nitrogen and oxygen atoms in total. The third-order valence-electron chi connectivity index (χ3n) is 3.90. The number of rotatable bonds is 3. The molecule has 0 aliphatic rings. The standard InChI is InChI=1S/C15H17N5O/c1-10-4-5-12-14(11(10)2)16-8-20(15(12)21)7-6-13-18-17-9-19(13)3/h4-5,8-9H,6-7H2,1-3H3. The van der Waals surface area contributed by atoms with Crippen LogP contribution in [0.15, 0.2) is 29.6 Å². The Morgan fingerprint density at radius 2 is 2.00 bits per heavy atom. The fraction of sp³-hybridized carbons (Fsp3) is 0.333. The van der Waals surface area contributed by atoms with Crippen molar-refractivity contribution in [1.82, 2.24) is 24.3 Å². The Morgan fingerprint density at radius 1 is 1.19 bits per heavy atom. The van der Waals surface area contributed by atoms with Gasteiger partial charge in [-0.25, -0.2) is 4.98 Å². The Bertz CT molecular complexity index is 862. The van der Waals surface area contributed by atoms with Crippen LogP contribution in [0.25, 0.3) is 10.9 Å². The normalized spacial score (nSPS) is 11.2. The smallest absolute Gasteiger partial charge is 0.261 e. The van der Waals surface area contributed by atoms with E-state index in [1.54, 1.807) is 17.2 Å². The van der Waals surface area contributed by atoms with Crippen LogP contribution < -0.4 is 5.56 Å². The van der Waals surface area contributed by atoms with Gasteiger partial charge in [0.15, 0.2) is 0 Å². The lowest BCUT2D eigenvalue weighted by molar-refractivity contribution is 0.625. The van der Waals surface area contributed by atoms with Gasteiger partial charge in [-0.3, -0.25) is 9.36 Å². The van der Waals surface area contributed by atoms with Crippen molar-refractivity contribution in [3.63, 3.8) is 0 Å². The van der Waals surface area contributed by atoms with Crippen LogP contribution >= 0.6 is 0 Å². The van der Waals surface area contributed by atoms with E-state index in [1.807, 2.05) is 37.6 Å². The van der Waals surface area contributed by atoms with Crippen molar-refractivity contribution >= 4 is 10.9 Å². The van der Waals surface area contributed by atoms with Crippen molar-refractivity contribution in [2.75, 3.05) is 0 Å². The molecule has 21 heavy (non-hydrogen) atoms. The molecule has 2 heterocycles. The molecular weight excluding hydrogens is 266 g/mol. The van der Waals surface area contributed by atoms with Gasteiger partial charge in [0.25, 0.3) is 5.56 Å². The SMILES string of the molecule is Cc1ccc2c(=O)n(CCc3nncn3C)cnc2c1C. The highest BCUT2D eigenvalue weighted by Crippen LogP contribution is 2.16. The molecule has 3 rings (SSSR count). The molecule has 0 amide bonds. The quantitative estimate of drug-likeness (QED) is 0.728. The minimum atomic E-state index is -0.00901. The zero-order chi connectivity index (χ0) is 15.0. The first-order valence-corrected chi connectivity index (χ1v) is 6.86. The number of nitrogens with zero attached hydrogens (tertiary/aromatic N) is 5. The van der Waals surface area contributed by atoms with Gasteiger partial charge in [0.05, 0.1) is 17.2 Å². The van der Waals surface area contributed by atoms with Crippen LogP contribution in [-0.2, 0) is 20.0 Å². The van der Waals surface area contributed by atoms with Crippen LogP contribution in [0, 0.1) is 13.8 Å². The van der Waals surface area contributed by atoms with Gasteiger partial charge in [0.2, 0.25) is 0 Å². The second-order valence-corrected chi connectivity index (χ2v) is 5.25. The summed E-state index contributed by atoms with van der Waals surface area (Å²) in [4.78, 5) is 17.0. The van der Waals surface area contributed by atoms with E-state index in [-0.39, 0.29) is 5.56 Å². The molecule has 0 aliphatic carbocycles. The largest absolute Gasteiger partial charge is 0.321 e. The maximum atomic E-state index is 12.5. The number of aryl methyl sites for hydroxylation is 5. The highest BCUT2D eigenvalue weighted by atomic mass is 16.1. The Labute approximate surface area is 122 Å². The van der Waals surface area contributed by atoms with E-state index >= 15 is 0 Å². The van der Waals surface area contributed by atoms with Crippen molar-refractivity contribution in [1.29, 1.82) is 0 Å². The molecule has 108 valence electrons. The first-order valence-electron chi connectivity index (χ1n) is 6.86. The lowest BCUT2D eigenvalue weighted by Gasteiger charge is -2.09. The van der Waals surface area contributed by atoms with Crippen LogP contribution in [0.2, 0.25) is 0 Å². The van der Waals surface area contributed by atoms with E-state index < -0.39 is 0 Å². The molecule has 0 aliphatic heterocycles. The molecule has 0 spiro atoms. The Kier molecular flexibility index (Phi) is 3.29. The molecule has 3 aromatic rings.